The summed E-state index contributed by atoms with van der Waals surface area (Å²) in [6, 6.07) is 0. The molecule has 56 heavy (non-hydrogen) atoms. The zero-order chi connectivity index (χ0) is 41.6. The van der Waals surface area contributed by atoms with Crippen molar-refractivity contribution in [2.75, 3.05) is 7.11 Å². The number of rotatable bonds is 3. The van der Waals surface area contributed by atoms with E-state index in [4.69, 9.17) is 33.2 Å². The lowest BCUT2D eigenvalue weighted by Gasteiger charge is -2.54. The molecular weight excluding hydrogens is 732 g/mol. The van der Waals surface area contributed by atoms with Crippen LogP contribution in [-0.2, 0) is 52.3 Å². The Morgan fingerprint density at radius 1 is 0.964 bits per heavy atom. The van der Waals surface area contributed by atoms with Crippen LogP contribution >= 0.6 is 0 Å². The number of aliphatic hydroxyl groups is 4. The third kappa shape index (κ3) is 9.57. The highest BCUT2D eigenvalue weighted by Gasteiger charge is 2.59. The Balaban J connectivity index is 1.57. The minimum Gasteiger partial charge on any atom is -0.466 e. The summed E-state index contributed by atoms with van der Waals surface area (Å²) in [4.78, 5) is 51.5. The molecule has 5 aliphatic heterocycles. The van der Waals surface area contributed by atoms with Gasteiger partial charge in [0.2, 0.25) is 0 Å². The van der Waals surface area contributed by atoms with Crippen LogP contribution in [0, 0.1) is 16.2 Å². The lowest BCUT2D eigenvalue weighted by molar-refractivity contribution is -0.349. The Hall–Kier alpha value is -3.18. The van der Waals surface area contributed by atoms with E-state index in [-0.39, 0.29) is 44.9 Å². The first-order valence-electron chi connectivity index (χ1n) is 19.4. The summed E-state index contributed by atoms with van der Waals surface area (Å²) in [7, 11) is 1.27. The fourth-order valence-corrected chi connectivity index (χ4v) is 8.04. The molecule has 0 aromatic heterocycles. The summed E-state index contributed by atoms with van der Waals surface area (Å²) in [6.07, 6.45) is -3.16. The maximum atomic E-state index is 13.3. The van der Waals surface area contributed by atoms with E-state index in [2.05, 4.69) is 0 Å². The van der Waals surface area contributed by atoms with Gasteiger partial charge in [-0.05, 0) is 46.1 Å². The summed E-state index contributed by atoms with van der Waals surface area (Å²) in [5.74, 6) is -6.45. The van der Waals surface area contributed by atoms with E-state index in [0.717, 1.165) is 0 Å². The average Bonchev–Trinajstić information content (AvgIpc) is 3.44. The van der Waals surface area contributed by atoms with Crippen LogP contribution in [-0.4, -0.2) is 118 Å². The highest BCUT2D eigenvalue weighted by Crippen LogP contribution is 2.50. The van der Waals surface area contributed by atoms with Gasteiger partial charge in [0.25, 0.3) is 0 Å². The Morgan fingerprint density at radius 2 is 1.66 bits per heavy atom. The summed E-state index contributed by atoms with van der Waals surface area (Å²) in [5, 5.41) is 46.7. The Labute approximate surface area is 328 Å². The van der Waals surface area contributed by atoms with Crippen LogP contribution in [0.5, 0.6) is 0 Å². The summed E-state index contributed by atoms with van der Waals surface area (Å²) in [5.41, 5.74) is -2.08. The maximum absolute atomic E-state index is 13.3. The van der Waals surface area contributed by atoms with Gasteiger partial charge in [0, 0.05) is 49.7 Å². The summed E-state index contributed by atoms with van der Waals surface area (Å²) < 4.78 is 41.5. The van der Waals surface area contributed by atoms with Crippen LogP contribution in [0.2, 0.25) is 0 Å². The molecule has 0 aromatic carbocycles. The topological polar surface area (TPSA) is 214 Å². The van der Waals surface area contributed by atoms with Gasteiger partial charge in [-0.3, -0.25) is 9.59 Å². The highest BCUT2D eigenvalue weighted by atomic mass is 16.7. The average molecular weight is 793 g/mol. The molecule has 3 fully saturated rings. The molecule has 0 aromatic rings. The fourth-order valence-electron chi connectivity index (χ4n) is 8.04. The minimum absolute atomic E-state index is 0.0915. The van der Waals surface area contributed by atoms with Crippen molar-refractivity contribution in [2.45, 2.75) is 173 Å². The van der Waals surface area contributed by atoms with Gasteiger partial charge in [0.15, 0.2) is 17.7 Å². The number of fused-ring (bicyclic) bond motifs is 8. The molecule has 4 N–H and O–H groups in total. The molecule has 0 amide bonds. The number of cyclic esters (lactones) is 1. The van der Waals surface area contributed by atoms with Crippen molar-refractivity contribution in [3.63, 3.8) is 0 Å². The SMILES string of the molecule is COC(=O)/C=C1\CC2/C=C/C(C)(C)[C@@]3(O)CC4=CC(=O)OC4[C@@H](CC(C(C)O)OC(=O)CC(O)CC4C[C@H](OC(=O)C(C)(C)C)C(C)(C)C(O)(CC(C1)O2)O4)O3. The van der Waals surface area contributed by atoms with Gasteiger partial charge < -0.3 is 53.6 Å². The first-order valence-corrected chi connectivity index (χ1v) is 19.4. The van der Waals surface area contributed by atoms with Gasteiger partial charge in [0.1, 0.15) is 18.3 Å². The van der Waals surface area contributed by atoms with Gasteiger partial charge in [-0.15, -0.1) is 0 Å². The van der Waals surface area contributed by atoms with Gasteiger partial charge in [-0.25, -0.2) is 9.59 Å². The van der Waals surface area contributed by atoms with E-state index >= 15 is 0 Å². The number of hydrogen-bond donors (Lipinski definition) is 4. The van der Waals surface area contributed by atoms with E-state index in [9.17, 15) is 39.6 Å². The number of ether oxygens (including phenoxy) is 7. The van der Waals surface area contributed by atoms with Crippen molar-refractivity contribution < 1.29 is 72.8 Å². The van der Waals surface area contributed by atoms with Crippen LogP contribution in [0.15, 0.2) is 35.5 Å². The zero-order valence-electron chi connectivity index (χ0n) is 33.9. The number of methoxy groups -OCH3 is 1. The number of carbonyl (C=O) groups excluding carboxylic acids is 4. The van der Waals surface area contributed by atoms with Gasteiger partial charge >= 0.3 is 23.9 Å². The second kappa shape index (κ2) is 16.2. The Bertz CT molecular complexity index is 1600. The molecule has 3 saturated heterocycles. The fraction of sp³-hybridized carbons (Fsp3) is 0.756. The zero-order valence-corrected chi connectivity index (χ0v) is 33.9. The molecule has 5 rings (SSSR count). The number of aliphatic hydroxyl groups excluding tert-OH is 2. The third-order valence-electron chi connectivity index (χ3n) is 11.9. The Kier molecular flexibility index (Phi) is 12.7. The van der Waals surface area contributed by atoms with Gasteiger partial charge in [-0.1, -0.05) is 45.4 Å². The molecule has 11 atom stereocenters. The molecule has 0 spiro atoms. The van der Waals surface area contributed by atoms with Crippen molar-refractivity contribution in [3.8, 4) is 0 Å². The quantitative estimate of drug-likeness (QED) is 0.140. The smallest absolute Gasteiger partial charge is 0.331 e. The van der Waals surface area contributed by atoms with Crippen molar-refractivity contribution in [3.05, 3.63) is 35.5 Å². The van der Waals surface area contributed by atoms with Crippen LogP contribution in [0.4, 0.5) is 0 Å². The van der Waals surface area contributed by atoms with Crippen LogP contribution in [0.25, 0.3) is 0 Å². The maximum Gasteiger partial charge on any atom is 0.331 e. The molecule has 15 nitrogen and oxygen atoms in total. The number of carbonyl (C=O) groups is 4. The number of esters is 4. The molecule has 5 aliphatic rings. The van der Waals surface area contributed by atoms with E-state index in [1.807, 2.05) is 0 Å². The molecule has 0 saturated carbocycles. The molecule has 0 radical (unpaired) electrons. The molecule has 6 bridgehead atoms. The van der Waals surface area contributed by atoms with Gasteiger partial charge in [-0.2, -0.15) is 0 Å². The summed E-state index contributed by atoms with van der Waals surface area (Å²) in [6.45, 7) is 13.5. The minimum atomic E-state index is -2.01. The molecular formula is C41H60O15. The van der Waals surface area contributed by atoms with Crippen molar-refractivity contribution in [1.29, 1.82) is 0 Å². The highest BCUT2D eigenvalue weighted by molar-refractivity contribution is 5.86. The molecule has 15 heteroatoms. The number of hydrogen-bond acceptors (Lipinski definition) is 15. The Morgan fingerprint density at radius 3 is 2.30 bits per heavy atom. The predicted molar refractivity (Wildman–Crippen MR) is 197 cm³/mol. The van der Waals surface area contributed by atoms with Crippen molar-refractivity contribution in [1.82, 2.24) is 0 Å². The van der Waals surface area contributed by atoms with Gasteiger partial charge in [0.05, 0.1) is 54.9 Å². The standard InChI is InChI=1S/C41H60O15/c1-22(42)29-19-30-35-24(15-33(45)54-35)20-40(48,56-30)38(5,6)11-10-26-12-23(14-32(44)50-9)13-28(51-26)21-41(49)39(7,8)31(53-36(47)37(2,3)4)18-27(55-41)16-25(43)17-34(46)52-29/h10-11,14-15,22,25-31,35,42-43,48-49H,12-13,16-21H2,1-9H3/b11-10+,23-14+/t22?,25?,26?,27?,28?,29?,30-,31+,35?,40-,41?/m1/s1. The lowest BCUT2D eigenvalue weighted by atomic mass is 9.70. The summed E-state index contributed by atoms with van der Waals surface area (Å²) >= 11 is 0. The van der Waals surface area contributed by atoms with E-state index in [0.29, 0.717) is 11.1 Å². The molecule has 5 heterocycles. The first kappa shape index (κ1) is 43.9. The van der Waals surface area contributed by atoms with Crippen LogP contribution in [0.3, 0.4) is 0 Å². The predicted octanol–water partition coefficient (Wildman–Crippen LogP) is 3.23. The van der Waals surface area contributed by atoms with Crippen molar-refractivity contribution in [2.24, 2.45) is 16.2 Å². The second-order valence-corrected chi connectivity index (χ2v) is 18.2. The molecule has 0 aliphatic carbocycles. The largest absolute Gasteiger partial charge is 0.466 e. The molecule has 314 valence electrons. The van der Waals surface area contributed by atoms with E-state index < -0.39 is 113 Å². The van der Waals surface area contributed by atoms with Crippen LogP contribution < -0.4 is 0 Å². The second-order valence-electron chi connectivity index (χ2n) is 18.2. The van der Waals surface area contributed by atoms with Crippen molar-refractivity contribution >= 4 is 23.9 Å². The monoisotopic (exact) mass is 792 g/mol. The lowest BCUT2D eigenvalue weighted by Crippen LogP contribution is -2.62. The normalized spacial score (nSPS) is 39.5. The van der Waals surface area contributed by atoms with Crippen LogP contribution in [0.1, 0.15) is 107 Å². The molecule has 8 unspecified atom stereocenters. The van der Waals surface area contributed by atoms with E-state index in [1.54, 1.807) is 60.6 Å². The third-order valence-corrected chi connectivity index (χ3v) is 11.9. The first-order chi connectivity index (χ1) is 25.8. The van der Waals surface area contributed by atoms with E-state index in [1.165, 1.54) is 26.2 Å².